The van der Waals surface area contributed by atoms with Crippen molar-refractivity contribution in [3.05, 3.63) is 85.0 Å². The van der Waals surface area contributed by atoms with Gasteiger partial charge >= 0.3 is 0 Å². The summed E-state index contributed by atoms with van der Waals surface area (Å²) in [6.45, 7) is 10.8. The van der Waals surface area contributed by atoms with Crippen LogP contribution in [-0.4, -0.2) is 67.5 Å². The van der Waals surface area contributed by atoms with Crippen molar-refractivity contribution in [2.45, 2.75) is 19.4 Å². The zero-order valence-electron chi connectivity index (χ0n) is 20.4. The van der Waals surface area contributed by atoms with Gasteiger partial charge in [0.1, 0.15) is 29.3 Å². The molecular formula is C25H31N9. The third-order valence-electron chi connectivity index (χ3n) is 5.97. The van der Waals surface area contributed by atoms with Crippen molar-refractivity contribution in [3.63, 3.8) is 0 Å². The van der Waals surface area contributed by atoms with Crippen molar-refractivity contribution < 1.29 is 0 Å². The number of likely N-dealkylation sites (N-methyl/N-ethyl adjacent to an activating group) is 1. The summed E-state index contributed by atoms with van der Waals surface area (Å²) in [7, 11) is 7.71. The topological polar surface area (TPSA) is 77.7 Å². The van der Waals surface area contributed by atoms with Gasteiger partial charge < -0.3 is 15.1 Å². The molecule has 2 aromatic heterocycles. The molecule has 0 spiro atoms. The second-order valence-corrected chi connectivity index (χ2v) is 8.11. The largest absolute Gasteiger partial charge is 0.348 e. The first kappa shape index (κ1) is 23.0. The number of aryl methyl sites for hydroxylation is 1. The number of rotatable bonds is 5. The third-order valence-corrected chi connectivity index (χ3v) is 5.97. The molecule has 0 aromatic carbocycles. The Bertz CT molecular complexity index is 1230. The summed E-state index contributed by atoms with van der Waals surface area (Å²) in [5.74, 6) is 3.95. The fourth-order valence-electron chi connectivity index (χ4n) is 4.03. The minimum atomic E-state index is -0.0637. The van der Waals surface area contributed by atoms with Gasteiger partial charge in [-0.2, -0.15) is 5.10 Å². The van der Waals surface area contributed by atoms with E-state index < -0.39 is 0 Å². The Morgan fingerprint density at radius 1 is 1.15 bits per heavy atom. The number of allylic oxidation sites excluding steroid dienone is 4. The maximum absolute atomic E-state index is 4.73. The second-order valence-electron chi connectivity index (χ2n) is 8.11. The summed E-state index contributed by atoms with van der Waals surface area (Å²) in [4.78, 5) is 20.0. The van der Waals surface area contributed by atoms with Crippen molar-refractivity contribution in [1.82, 2.24) is 34.4 Å². The quantitative estimate of drug-likeness (QED) is 0.686. The molecule has 0 amide bonds. The molecule has 1 N–H and O–H groups in total. The SMILES string of the molecule is C=C1C=C(c2ccnc(Nc3ccnn3C)n2)C=C2N(C)C(=C)N(C)[C@H](/C=C/CC)/C(=N/C)N12. The van der Waals surface area contributed by atoms with Gasteiger partial charge in [0, 0.05) is 51.7 Å². The van der Waals surface area contributed by atoms with Crippen LogP contribution in [0.25, 0.3) is 5.57 Å². The van der Waals surface area contributed by atoms with Crippen LogP contribution in [0.4, 0.5) is 11.8 Å². The number of aromatic nitrogens is 4. The molecule has 0 unspecified atom stereocenters. The highest BCUT2D eigenvalue weighted by Gasteiger charge is 2.36. The van der Waals surface area contributed by atoms with Crippen LogP contribution in [0.2, 0.25) is 0 Å². The molecule has 4 heterocycles. The van der Waals surface area contributed by atoms with Crippen molar-refractivity contribution in [1.29, 1.82) is 0 Å². The number of fused-ring (bicyclic) bond motifs is 1. The van der Waals surface area contributed by atoms with Gasteiger partial charge in [-0.15, -0.1) is 0 Å². The molecule has 0 aliphatic carbocycles. The van der Waals surface area contributed by atoms with Gasteiger partial charge in [-0.25, -0.2) is 9.97 Å². The summed E-state index contributed by atoms with van der Waals surface area (Å²) < 4.78 is 1.73. The van der Waals surface area contributed by atoms with Crippen LogP contribution in [0.5, 0.6) is 0 Å². The van der Waals surface area contributed by atoms with Crippen LogP contribution in [-0.2, 0) is 7.05 Å². The van der Waals surface area contributed by atoms with E-state index in [0.29, 0.717) is 5.95 Å². The van der Waals surface area contributed by atoms with Gasteiger partial charge in [0.15, 0.2) is 0 Å². The van der Waals surface area contributed by atoms with E-state index >= 15 is 0 Å². The zero-order valence-corrected chi connectivity index (χ0v) is 20.4. The van der Waals surface area contributed by atoms with Crippen LogP contribution < -0.4 is 5.32 Å². The van der Waals surface area contributed by atoms with Crippen LogP contribution in [0, 0.1) is 0 Å². The van der Waals surface area contributed by atoms with E-state index in [9.17, 15) is 0 Å². The molecule has 2 aliphatic rings. The Balaban J connectivity index is 1.74. The molecule has 2 aliphatic heterocycles. The lowest BCUT2D eigenvalue weighted by Gasteiger charge is -2.34. The maximum Gasteiger partial charge on any atom is 0.228 e. The molecule has 4 rings (SSSR count). The van der Waals surface area contributed by atoms with Crippen LogP contribution in [0.15, 0.2) is 84.3 Å². The van der Waals surface area contributed by atoms with E-state index in [4.69, 9.17) is 4.98 Å². The van der Waals surface area contributed by atoms with E-state index in [2.05, 4.69) is 73.4 Å². The number of nitrogens with one attached hydrogen (secondary N) is 1. The molecule has 1 fully saturated rings. The first-order chi connectivity index (χ1) is 16.3. The minimum absolute atomic E-state index is 0.0637. The predicted octanol–water partition coefficient (Wildman–Crippen LogP) is 3.72. The fourth-order valence-corrected chi connectivity index (χ4v) is 4.03. The molecule has 0 radical (unpaired) electrons. The number of amidine groups is 1. The van der Waals surface area contributed by atoms with E-state index in [0.717, 1.165) is 46.7 Å². The molecule has 0 saturated carbocycles. The molecule has 9 nitrogen and oxygen atoms in total. The standard InChI is InChI=1S/C25H31N9/c1-8-9-10-21-24(26-4)34-17(2)15-19(16-23(34)32(6)18(3)31(21)5)20-11-13-27-25(29-20)30-22-12-14-28-33(22)7/h9-16,21H,2-3,8H2,1,4-7H3,(H,27,29,30)/b10-9+,26-24-/t21-/m1/s1. The lowest BCUT2D eigenvalue weighted by molar-refractivity contribution is 0.306. The molecule has 1 atom stereocenters. The second kappa shape index (κ2) is 9.38. The Morgan fingerprint density at radius 2 is 1.94 bits per heavy atom. The smallest absolute Gasteiger partial charge is 0.228 e. The van der Waals surface area contributed by atoms with Crippen molar-refractivity contribution >= 4 is 23.2 Å². The summed E-state index contributed by atoms with van der Waals surface area (Å²) in [5, 5.41) is 7.39. The Kier molecular flexibility index (Phi) is 6.36. The summed E-state index contributed by atoms with van der Waals surface area (Å²) in [6, 6.07) is 3.70. The normalized spacial score (nSPS) is 20.0. The molecular weight excluding hydrogens is 426 g/mol. The number of hydrogen-bond donors (Lipinski definition) is 1. The van der Waals surface area contributed by atoms with Gasteiger partial charge in [0.05, 0.1) is 11.9 Å². The van der Waals surface area contributed by atoms with E-state index in [1.54, 1.807) is 17.1 Å². The Hall–Kier alpha value is -4.14. The fraction of sp³-hybridized carbons (Fsp3) is 0.280. The molecule has 9 heteroatoms. The lowest BCUT2D eigenvalue weighted by atomic mass is 10.1. The van der Waals surface area contributed by atoms with Gasteiger partial charge in [-0.3, -0.25) is 14.6 Å². The molecule has 2 aromatic rings. The molecule has 34 heavy (non-hydrogen) atoms. The molecule has 176 valence electrons. The maximum atomic E-state index is 4.73. The first-order valence-corrected chi connectivity index (χ1v) is 11.1. The summed E-state index contributed by atoms with van der Waals surface area (Å²) in [5.41, 5.74) is 2.51. The number of anilines is 2. The summed E-state index contributed by atoms with van der Waals surface area (Å²) in [6.07, 6.45) is 12.8. The van der Waals surface area contributed by atoms with Crippen molar-refractivity contribution in [2.75, 3.05) is 26.5 Å². The summed E-state index contributed by atoms with van der Waals surface area (Å²) >= 11 is 0. The van der Waals surface area contributed by atoms with Gasteiger partial charge in [0.25, 0.3) is 0 Å². The van der Waals surface area contributed by atoms with Gasteiger partial charge in [-0.05, 0) is 24.6 Å². The lowest BCUT2D eigenvalue weighted by Crippen LogP contribution is -2.42. The van der Waals surface area contributed by atoms with Gasteiger partial charge in [0.2, 0.25) is 5.95 Å². The van der Waals surface area contributed by atoms with Crippen molar-refractivity contribution in [3.8, 4) is 0 Å². The Labute approximate surface area is 200 Å². The highest BCUT2D eigenvalue weighted by molar-refractivity contribution is 5.95. The highest BCUT2D eigenvalue weighted by atomic mass is 15.5. The predicted molar refractivity (Wildman–Crippen MR) is 137 cm³/mol. The number of hydrogen-bond acceptors (Lipinski definition) is 7. The first-order valence-electron chi connectivity index (χ1n) is 11.1. The van der Waals surface area contributed by atoms with Crippen LogP contribution in [0.3, 0.4) is 0 Å². The van der Waals surface area contributed by atoms with Crippen molar-refractivity contribution in [2.24, 2.45) is 12.0 Å². The van der Waals surface area contributed by atoms with Crippen LogP contribution >= 0.6 is 0 Å². The minimum Gasteiger partial charge on any atom is -0.348 e. The van der Waals surface area contributed by atoms with E-state index in [1.807, 2.05) is 46.4 Å². The van der Waals surface area contributed by atoms with Gasteiger partial charge in [-0.1, -0.05) is 32.2 Å². The number of aliphatic imine (C=N–C) groups is 1. The molecule has 0 bridgehead atoms. The average Bonchev–Trinajstić information content (AvgIpc) is 3.21. The zero-order chi connectivity index (χ0) is 24.4. The Morgan fingerprint density at radius 3 is 2.62 bits per heavy atom. The highest BCUT2D eigenvalue weighted by Crippen LogP contribution is 2.35. The monoisotopic (exact) mass is 457 g/mol. The van der Waals surface area contributed by atoms with E-state index in [1.165, 1.54) is 0 Å². The van der Waals surface area contributed by atoms with E-state index in [-0.39, 0.29) is 6.04 Å². The third kappa shape index (κ3) is 4.12. The molecule has 1 saturated heterocycles. The average molecular weight is 458 g/mol. The van der Waals surface area contributed by atoms with Crippen LogP contribution in [0.1, 0.15) is 19.0 Å². The number of nitrogens with zero attached hydrogens (tertiary/aromatic N) is 8.